The lowest BCUT2D eigenvalue weighted by Crippen LogP contribution is -2.24. The number of benzene rings is 1. The van der Waals surface area contributed by atoms with E-state index in [0.29, 0.717) is 5.95 Å². The fourth-order valence-electron chi connectivity index (χ4n) is 1.84. The van der Waals surface area contributed by atoms with Gasteiger partial charge in [-0.05, 0) is 28.4 Å². The molecule has 1 aromatic carbocycles. The molecule has 2 rings (SSSR count). The van der Waals surface area contributed by atoms with Gasteiger partial charge in [-0.15, -0.1) is 0 Å². The highest BCUT2D eigenvalue weighted by Gasteiger charge is 2.12. The first-order chi connectivity index (χ1) is 9.24. The average Bonchev–Trinajstić information content (AvgIpc) is 2.47. The minimum absolute atomic E-state index is 0.629. The van der Waals surface area contributed by atoms with Crippen molar-refractivity contribution in [2.24, 2.45) is 0 Å². The molecule has 4 nitrogen and oxygen atoms in total. The van der Waals surface area contributed by atoms with E-state index in [-0.39, 0.29) is 0 Å². The summed E-state index contributed by atoms with van der Waals surface area (Å²) in [4.78, 5) is 10.9. The molecule has 0 bridgehead atoms. The molecule has 1 heterocycles. The zero-order valence-electron chi connectivity index (χ0n) is 11.1. The molecule has 0 aliphatic carbocycles. The van der Waals surface area contributed by atoms with Crippen molar-refractivity contribution in [3.05, 3.63) is 46.6 Å². The molecule has 100 valence electrons. The van der Waals surface area contributed by atoms with Crippen LogP contribution in [0.2, 0.25) is 0 Å². The van der Waals surface area contributed by atoms with Crippen LogP contribution in [0.4, 0.5) is 11.8 Å². The number of rotatable bonds is 5. The van der Waals surface area contributed by atoms with Gasteiger partial charge in [-0.2, -0.15) is 4.98 Å². The Hall–Kier alpha value is -1.62. The molecule has 0 saturated heterocycles. The summed E-state index contributed by atoms with van der Waals surface area (Å²) in [6.45, 7) is 3.83. The Balaban J connectivity index is 2.26. The van der Waals surface area contributed by atoms with Gasteiger partial charge in [0.05, 0.1) is 4.47 Å². The Labute approximate surface area is 122 Å². The molecule has 0 aliphatic heterocycles. The molecule has 0 saturated carbocycles. The molecule has 1 N–H and O–H groups in total. The molecule has 0 radical (unpaired) electrons. The van der Waals surface area contributed by atoms with Gasteiger partial charge in [-0.1, -0.05) is 30.3 Å². The minimum atomic E-state index is 0.629. The van der Waals surface area contributed by atoms with Crippen LogP contribution in [0.1, 0.15) is 12.5 Å². The van der Waals surface area contributed by atoms with E-state index >= 15 is 0 Å². The van der Waals surface area contributed by atoms with Crippen LogP contribution >= 0.6 is 15.9 Å². The maximum atomic E-state index is 4.51. The van der Waals surface area contributed by atoms with Gasteiger partial charge in [0, 0.05) is 26.3 Å². The standard InChI is InChI=1S/C14H17BrN4/c1-3-19(10-11-7-5-4-6-8-11)13-12(15)9-17-14(16-2)18-13/h4-9H,3,10H2,1-2H3,(H,16,17,18). The van der Waals surface area contributed by atoms with Crippen LogP contribution in [0.15, 0.2) is 41.0 Å². The van der Waals surface area contributed by atoms with E-state index in [1.165, 1.54) is 5.56 Å². The second kappa shape index (κ2) is 6.52. The van der Waals surface area contributed by atoms with Gasteiger partial charge in [0.15, 0.2) is 0 Å². The lowest BCUT2D eigenvalue weighted by molar-refractivity contribution is 0.807. The molecule has 0 amide bonds. The van der Waals surface area contributed by atoms with Gasteiger partial charge < -0.3 is 10.2 Å². The number of halogens is 1. The van der Waals surface area contributed by atoms with Crippen molar-refractivity contribution in [1.82, 2.24) is 9.97 Å². The molecular formula is C14H17BrN4. The third kappa shape index (κ3) is 3.44. The van der Waals surface area contributed by atoms with Crippen molar-refractivity contribution in [3.8, 4) is 0 Å². The summed E-state index contributed by atoms with van der Waals surface area (Å²) in [5.41, 5.74) is 1.26. The van der Waals surface area contributed by atoms with Crippen molar-refractivity contribution < 1.29 is 0 Å². The smallest absolute Gasteiger partial charge is 0.224 e. The van der Waals surface area contributed by atoms with Crippen molar-refractivity contribution in [2.75, 3.05) is 23.8 Å². The molecule has 0 atom stereocenters. The maximum absolute atomic E-state index is 4.51. The molecule has 19 heavy (non-hydrogen) atoms. The molecule has 0 unspecified atom stereocenters. The molecule has 0 aliphatic rings. The number of anilines is 2. The van der Waals surface area contributed by atoms with E-state index in [2.05, 4.69) is 67.3 Å². The van der Waals surface area contributed by atoms with E-state index in [1.807, 2.05) is 13.1 Å². The van der Waals surface area contributed by atoms with E-state index < -0.39 is 0 Å². The lowest BCUT2D eigenvalue weighted by atomic mass is 10.2. The van der Waals surface area contributed by atoms with E-state index in [1.54, 1.807) is 6.20 Å². The third-order valence-electron chi connectivity index (χ3n) is 2.85. The van der Waals surface area contributed by atoms with Crippen LogP contribution < -0.4 is 10.2 Å². The van der Waals surface area contributed by atoms with Crippen LogP contribution in [-0.4, -0.2) is 23.6 Å². The van der Waals surface area contributed by atoms with Crippen molar-refractivity contribution >= 4 is 27.7 Å². The van der Waals surface area contributed by atoms with Gasteiger partial charge in [0.1, 0.15) is 5.82 Å². The number of hydrogen-bond donors (Lipinski definition) is 1. The van der Waals surface area contributed by atoms with Gasteiger partial charge in [0.2, 0.25) is 5.95 Å². The lowest BCUT2D eigenvalue weighted by Gasteiger charge is -2.23. The Morgan fingerprint density at radius 2 is 2.00 bits per heavy atom. The Bertz CT molecular complexity index is 530. The zero-order chi connectivity index (χ0) is 13.7. The summed E-state index contributed by atoms with van der Waals surface area (Å²) >= 11 is 3.52. The van der Waals surface area contributed by atoms with Crippen LogP contribution in [0.5, 0.6) is 0 Å². The zero-order valence-corrected chi connectivity index (χ0v) is 12.7. The molecule has 1 aromatic heterocycles. The summed E-state index contributed by atoms with van der Waals surface area (Å²) in [6.07, 6.45) is 1.78. The van der Waals surface area contributed by atoms with Gasteiger partial charge >= 0.3 is 0 Å². The SMILES string of the molecule is CCN(Cc1ccccc1)c1nc(NC)ncc1Br. The van der Waals surface area contributed by atoms with Crippen LogP contribution in [0.3, 0.4) is 0 Å². The first-order valence-corrected chi connectivity index (χ1v) is 7.03. The van der Waals surface area contributed by atoms with E-state index in [9.17, 15) is 0 Å². The number of nitrogens with one attached hydrogen (secondary N) is 1. The fourth-order valence-corrected chi connectivity index (χ4v) is 2.28. The minimum Gasteiger partial charge on any atom is -0.357 e. The van der Waals surface area contributed by atoms with Gasteiger partial charge in [-0.3, -0.25) is 0 Å². The highest BCUT2D eigenvalue weighted by molar-refractivity contribution is 9.10. The largest absolute Gasteiger partial charge is 0.357 e. The van der Waals surface area contributed by atoms with Crippen LogP contribution in [0.25, 0.3) is 0 Å². The second-order valence-corrected chi connectivity index (χ2v) is 4.97. The van der Waals surface area contributed by atoms with E-state index in [0.717, 1.165) is 23.4 Å². The summed E-state index contributed by atoms with van der Waals surface area (Å²) in [5, 5.41) is 2.97. The second-order valence-electron chi connectivity index (χ2n) is 4.11. The van der Waals surface area contributed by atoms with Crippen LogP contribution in [0, 0.1) is 0 Å². The van der Waals surface area contributed by atoms with Crippen molar-refractivity contribution in [3.63, 3.8) is 0 Å². The molecule has 0 fully saturated rings. The van der Waals surface area contributed by atoms with Gasteiger partial charge in [0.25, 0.3) is 0 Å². The predicted octanol–water partition coefficient (Wildman–Crippen LogP) is 3.31. The molecule has 5 heteroatoms. The first kappa shape index (κ1) is 13.8. The normalized spacial score (nSPS) is 10.3. The fraction of sp³-hybridized carbons (Fsp3) is 0.286. The third-order valence-corrected chi connectivity index (χ3v) is 3.41. The predicted molar refractivity (Wildman–Crippen MR) is 82.4 cm³/mol. The Kier molecular flexibility index (Phi) is 4.74. The number of hydrogen-bond acceptors (Lipinski definition) is 4. The summed E-state index contributed by atoms with van der Waals surface area (Å²) in [6, 6.07) is 10.4. The van der Waals surface area contributed by atoms with Gasteiger partial charge in [-0.25, -0.2) is 4.98 Å². The van der Waals surface area contributed by atoms with Crippen LogP contribution in [-0.2, 0) is 6.54 Å². The first-order valence-electron chi connectivity index (χ1n) is 6.23. The summed E-state index contributed by atoms with van der Waals surface area (Å²) < 4.78 is 0.907. The average molecular weight is 321 g/mol. The highest BCUT2D eigenvalue weighted by atomic mass is 79.9. The molecular weight excluding hydrogens is 304 g/mol. The summed E-state index contributed by atoms with van der Waals surface area (Å²) in [5.74, 6) is 1.54. The summed E-state index contributed by atoms with van der Waals surface area (Å²) in [7, 11) is 1.82. The quantitative estimate of drug-likeness (QED) is 0.917. The Morgan fingerprint density at radius 1 is 1.26 bits per heavy atom. The highest BCUT2D eigenvalue weighted by Crippen LogP contribution is 2.25. The van der Waals surface area contributed by atoms with Crippen molar-refractivity contribution in [1.29, 1.82) is 0 Å². The molecule has 0 spiro atoms. The maximum Gasteiger partial charge on any atom is 0.224 e. The Morgan fingerprint density at radius 3 is 2.63 bits per heavy atom. The number of nitrogens with zero attached hydrogens (tertiary/aromatic N) is 3. The van der Waals surface area contributed by atoms with E-state index in [4.69, 9.17) is 0 Å². The topological polar surface area (TPSA) is 41.1 Å². The number of aromatic nitrogens is 2. The van der Waals surface area contributed by atoms with Crippen molar-refractivity contribution in [2.45, 2.75) is 13.5 Å². The molecule has 2 aromatic rings. The monoisotopic (exact) mass is 320 g/mol.